The lowest BCUT2D eigenvalue weighted by atomic mass is 10.1. The Balaban J connectivity index is 1.28. The van der Waals surface area contributed by atoms with Gasteiger partial charge in [0.05, 0.1) is 22.3 Å². The number of nitrogens with one attached hydrogen (secondary N) is 1. The van der Waals surface area contributed by atoms with Crippen LogP contribution in [0.25, 0.3) is 21.5 Å². The minimum absolute atomic E-state index is 0.129. The van der Waals surface area contributed by atoms with E-state index in [1.165, 1.54) is 16.9 Å². The molecule has 1 atom stereocenters. The van der Waals surface area contributed by atoms with Gasteiger partial charge in [0, 0.05) is 18.1 Å². The number of rotatable bonds is 4. The molecule has 0 saturated carbocycles. The number of benzene rings is 2. The standard InChI is InChI=1S/C22H19N3O3S/c1-12-3-5-17-20(7-12)29-22(23-17)24-21(26)11-16-10-19(28-25-16)14-4-6-18-15(9-14)8-13(2)27-18/h3-7,9-10,13H,8,11H2,1-2H3,(H,23,24,26). The topological polar surface area (TPSA) is 77.2 Å². The summed E-state index contributed by atoms with van der Waals surface area (Å²) in [7, 11) is 0. The van der Waals surface area contributed by atoms with Crippen LogP contribution in [-0.4, -0.2) is 22.2 Å². The van der Waals surface area contributed by atoms with Gasteiger partial charge in [0.15, 0.2) is 10.9 Å². The highest BCUT2D eigenvalue weighted by Gasteiger charge is 2.20. The van der Waals surface area contributed by atoms with E-state index in [4.69, 9.17) is 9.26 Å². The highest BCUT2D eigenvalue weighted by atomic mass is 32.1. The fraction of sp³-hybridized carbons (Fsp3) is 0.227. The number of hydrogen-bond acceptors (Lipinski definition) is 6. The van der Waals surface area contributed by atoms with Gasteiger partial charge in [-0.1, -0.05) is 22.6 Å². The van der Waals surface area contributed by atoms with E-state index in [2.05, 4.69) is 34.5 Å². The second-order valence-corrected chi connectivity index (χ2v) is 8.38. The Morgan fingerprint density at radius 3 is 3.03 bits per heavy atom. The zero-order chi connectivity index (χ0) is 20.0. The third-order valence-electron chi connectivity index (χ3n) is 4.87. The monoisotopic (exact) mass is 405 g/mol. The Morgan fingerprint density at radius 2 is 2.14 bits per heavy atom. The molecule has 1 amide bonds. The van der Waals surface area contributed by atoms with Crippen molar-refractivity contribution in [3.05, 3.63) is 59.3 Å². The molecule has 0 bridgehead atoms. The zero-order valence-corrected chi connectivity index (χ0v) is 16.9. The number of carbonyl (C=O) groups is 1. The summed E-state index contributed by atoms with van der Waals surface area (Å²) in [6.45, 7) is 4.09. The number of thiazole rings is 1. The maximum atomic E-state index is 12.4. The summed E-state index contributed by atoms with van der Waals surface area (Å²) in [5.74, 6) is 1.40. The Hall–Kier alpha value is -3.19. The second kappa shape index (κ2) is 7.00. The third-order valence-corrected chi connectivity index (χ3v) is 5.81. The van der Waals surface area contributed by atoms with Crippen molar-refractivity contribution >= 4 is 32.6 Å². The highest BCUT2D eigenvalue weighted by molar-refractivity contribution is 7.22. The normalized spacial score (nSPS) is 15.3. The SMILES string of the molecule is Cc1ccc2nc(NC(=O)Cc3cc(-c4ccc5c(c4)CC(C)O5)on3)sc2c1. The average molecular weight is 405 g/mol. The number of ether oxygens (including phenoxy) is 1. The Bertz CT molecular complexity index is 1230. The van der Waals surface area contributed by atoms with Crippen molar-refractivity contribution in [2.24, 2.45) is 0 Å². The van der Waals surface area contributed by atoms with Crippen LogP contribution >= 0.6 is 11.3 Å². The molecule has 0 fully saturated rings. The molecule has 146 valence electrons. The molecule has 1 aliphatic rings. The predicted molar refractivity (Wildman–Crippen MR) is 112 cm³/mol. The van der Waals surface area contributed by atoms with Crippen LogP contribution in [0.3, 0.4) is 0 Å². The fourth-order valence-corrected chi connectivity index (χ4v) is 4.50. The van der Waals surface area contributed by atoms with E-state index in [1.54, 1.807) is 0 Å². The largest absolute Gasteiger partial charge is 0.490 e. The first kappa shape index (κ1) is 17.9. The number of aryl methyl sites for hydroxylation is 1. The first-order chi connectivity index (χ1) is 14.0. The van der Waals surface area contributed by atoms with Gasteiger partial charge in [0.1, 0.15) is 11.9 Å². The number of aromatic nitrogens is 2. The maximum Gasteiger partial charge on any atom is 0.232 e. The molecule has 1 N–H and O–H groups in total. The molecule has 2 aromatic heterocycles. The predicted octanol–water partition coefficient (Wildman–Crippen LogP) is 4.76. The second-order valence-electron chi connectivity index (χ2n) is 7.35. The molecule has 0 spiro atoms. The van der Waals surface area contributed by atoms with E-state index in [1.807, 2.05) is 37.3 Å². The van der Waals surface area contributed by atoms with Gasteiger partial charge in [0.2, 0.25) is 5.91 Å². The highest BCUT2D eigenvalue weighted by Crippen LogP contribution is 2.33. The van der Waals surface area contributed by atoms with Crippen molar-refractivity contribution in [1.29, 1.82) is 0 Å². The smallest absolute Gasteiger partial charge is 0.232 e. The molecule has 5 rings (SSSR count). The molecule has 29 heavy (non-hydrogen) atoms. The summed E-state index contributed by atoms with van der Waals surface area (Å²) in [6, 6.07) is 13.8. The van der Waals surface area contributed by atoms with Crippen LogP contribution < -0.4 is 10.1 Å². The van der Waals surface area contributed by atoms with E-state index < -0.39 is 0 Å². The molecular weight excluding hydrogens is 386 g/mol. The first-order valence-electron chi connectivity index (χ1n) is 9.46. The summed E-state index contributed by atoms with van der Waals surface area (Å²) in [6.07, 6.45) is 1.21. The molecule has 0 saturated heterocycles. The summed E-state index contributed by atoms with van der Waals surface area (Å²) in [5, 5.41) is 7.50. The minimum Gasteiger partial charge on any atom is -0.490 e. The summed E-state index contributed by atoms with van der Waals surface area (Å²) in [5.41, 5.74) is 4.73. The number of fused-ring (bicyclic) bond motifs is 2. The van der Waals surface area contributed by atoms with E-state index >= 15 is 0 Å². The maximum absolute atomic E-state index is 12.4. The Morgan fingerprint density at radius 1 is 1.24 bits per heavy atom. The Labute approximate surface area is 171 Å². The lowest BCUT2D eigenvalue weighted by molar-refractivity contribution is -0.115. The van der Waals surface area contributed by atoms with Crippen molar-refractivity contribution in [2.45, 2.75) is 32.8 Å². The lowest BCUT2D eigenvalue weighted by Crippen LogP contribution is -2.14. The van der Waals surface area contributed by atoms with Gasteiger partial charge in [0.25, 0.3) is 0 Å². The van der Waals surface area contributed by atoms with E-state index in [0.717, 1.165) is 33.5 Å². The number of hydrogen-bond donors (Lipinski definition) is 1. The van der Waals surface area contributed by atoms with Gasteiger partial charge in [-0.3, -0.25) is 4.79 Å². The lowest BCUT2D eigenvalue weighted by Gasteiger charge is -2.02. The number of amides is 1. The first-order valence-corrected chi connectivity index (χ1v) is 10.3. The van der Waals surface area contributed by atoms with Crippen molar-refractivity contribution in [1.82, 2.24) is 10.1 Å². The molecule has 0 radical (unpaired) electrons. The molecule has 3 heterocycles. The summed E-state index contributed by atoms with van der Waals surface area (Å²) in [4.78, 5) is 16.9. The molecule has 0 aliphatic carbocycles. The van der Waals surface area contributed by atoms with Crippen LogP contribution in [0.2, 0.25) is 0 Å². The van der Waals surface area contributed by atoms with Crippen molar-refractivity contribution < 1.29 is 14.1 Å². The molecule has 4 aromatic rings. The number of nitrogens with zero attached hydrogens (tertiary/aromatic N) is 2. The van der Waals surface area contributed by atoms with Gasteiger partial charge in [-0.15, -0.1) is 0 Å². The number of carbonyl (C=O) groups excluding carboxylic acids is 1. The van der Waals surface area contributed by atoms with Crippen molar-refractivity contribution in [3.8, 4) is 17.1 Å². The molecule has 2 aromatic carbocycles. The molecule has 1 aliphatic heterocycles. The van der Waals surface area contributed by atoms with E-state index in [9.17, 15) is 4.79 Å². The van der Waals surface area contributed by atoms with E-state index in [-0.39, 0.29) is 18.4 Å². The molecule has 1 unspecified atom stereocenters. The van der Waals surface area contributed by atoms with Crippen LogP contribution in [0, 0.1) is 6.92 Å². The van der Waals surface area contributed by atoms with Gasteiger partial charge >= 0.3 is 0 Å². The molecular formula is C22H19N3O3S. The third kappa shape index (κ3) is 3.61. The van der Waals surface area contributed by atoms with Gasteiger partial charge in [-0.25, -0.2) is 4.98 Å². The average Bonchev–Trinajstić information content (AvgIpc) is 3.37. The van der Waals surface area contributed by atoms with Crippen LogP contribution in [0.15, 0.2) is 47.0 Å². The van der Waals surface area contributed by atoms with Crippen LogP contribution in [0.4, 0.5) is 5.13 Å². The van der Waals surface area contributed by atoms with Crippen LogP contribution in [0.5, 0.6) is 5.75 Å². The zero-order valence-electron chi connectivity index (χ0n) is 16.1. The van der Waals surface area contributed by atoms with Crippen LogP contribution in [0.1, 0.15) is 23.7 Å². The van der Waals surface area contributed by atoms with Gasteiger partial charge in [-0.05, 0) is 55.3 Å². The summed E-state index contributed by atoms with van der Waals surface area (Å²) >= 11 is 1.47. The fourth-order valence-electron chi connectivity index (χ4n) is 3.52. The van der Waals surface area contributed by atoms with Gasteiger partial charge in [-0.2, -0.15) is 0 Å². The van der Waals surface area contributed by atoms with Crippen LogP contribution in [-0.2, 0) is 17.6 Å². The van der Waals surface area contributed by atoms with Crippen molar-refractivity contribution in [3.63, 3.8) is 0 Å². The number of anilines is 1. The van der Waals surface area contributed by atoms with Crippen molar-refractivity contribution in [2.75, 3.05) is 5.32 Å². The minimum atomic E-state index is -0.170. The summed E-state index contributed by atoms with van der Waals surface area (Å²) < 4.78 is 12.3. The molecule has 7 heteroatoms. The van der Waals surface area contributed by atoms with E-state index in [0.29, 0.717) is 16.6 Å². The Kier molecular flexibility index (Phi) is 4.32. The quantitative estimate of drug-likeness (QED) is 0.529. The van der Waals surface area contributed by atoms with Gasteiger partial charge < -0.3 is 14.6 Å². The molecule has 6 nitrogen and oxygen atoms in total.